The second-order valence-electron chi connectivity index (χ2n) is 6.99. The highest BCUT2D eigenvalue weighted by molar-refractivity contribution is 4.86. The van der Waals surface area contributed by atoms with Crippen molar-refractivity contribution >= 4 is 0 Å². The maximum absolute atomic E-state index is 3.28. The Morgan fingerprint density at radius 1 is 0.864 bits per heavy atom. The van der Waals surface area contributed by atoms with Gasteiger partial charge >= 0.3 is 0 Å². The highest BCUT2D eigenvalue weighted by Crippen LogP contribution is 2.20. The van der Waals surface area contributed by atoms with E-state index < -0.39 is 0 Å². The fourth-order valence-corrected chi connectivity index (χ4v) is 3.43. The Bertz CT molecular complexity index is 208. The molecular weight excluding hydrogens is 268 g/mol. The van der Waals surface area contributed by atoms with E-state index in [4.69, 9.17) is 0 Å². The first-order chi connectivity index (χ1) is 10.9. The lowest BCUT2D eigenvalue weighted by Gasteiger charge is -2.34. The molecule has 0 aromatic heterocycles. The van der Waals surface area contributed by atoms with Gasteiger partial charge in [0, 0.05) is 6.04 Å². The zero-order valence-electron chi connectivity index (χ0n) is 15.4. The average molecular weight is 310 g/mol. The third-order valence-electron chi connectivity index (χ3n) is 4.92. The fourth-order valence-electron chi connectivity index (χ4n) is 3.43. The van der Waals surface area contributed by atoms with Crippen molar-refractivity contribution < 1.29 is 0 Å². The van der Waals surface area contributed by atoms with Crippen LogP contribution in [-0.2, 0) is 0 Å². The predicted octanol–water partition coefficient (Wildman–Crippen LogP) is 5.19. The Balaban J connectivity index is 0.000000335. The minimum atomic E-state index is 0.784. The molecule has 0 aromatic rings. The highest BCUT2D eigenvalue weighted by atomic mass is 15.2. The first kappa shape index (κ1) is 20.0. The van der Waals surface area contributed by atoms with Crippen molar-refractivity contribution in [2.75, 3.05) is 26.2 Å². The zero-order valence-corrected chi connectivity index (χ0v) is 15.4. The summed E-state index contributed by atoms with van der Waals surface area (Å²) in [6.07, 6.45) is 19.3. The van der Waals surface area contributed by atoms with E-state index in [0.29, 0.717) is 0 Å². The van der Waals surface area contributed by atoms with Crippen LogP contribution in [0.2, 0.25) is 0 Å². The molecule has 0 spiro atoms. The average Bonchev–Trinajstić information content (AvgIpc) is 2.61. The number of unbranched alkanes of at least 4 members (excludes halogenated alkanes) is 3. The van der Waals surface area contributed by atoms with Crippen LogP contribution in [0.25, 0.3) is 0 Å². The van der Waals surface area contributed by atoms with Crippen LogP contribution < -0.4 is 5.32 Å². The van der Waals surface area contributed by atoms with E-state index in [9.17, 15) is 0 Å². The van der Waals surface area contributed by atoms with Crippen molar-refractivity contribution in [3.63, 3.8) is 0 Å². The standard InChI is InChI=1S/C15H30N.C5H11N/c1-3-5-8-12-15(11-6-4-2)16-13-9-7-10-14-16;1-2-4-6-5-3-1/h12,15H,3-11,13-14H2,1-2H3;6H,1-5H2. The van der Waals surface area contributed by atoms with Crippen LogP contribution in [0.15, 0.2) is 0 Å². The van der Waals surface area contributed by atoms with Crippen molar-refractivity contribution in [1.29, 1.82) is 0 Å². The molecular formula is C20H41N2. The molecule has 1 unspecified atom stereocenters. The molecule has 0 amide bonds. The van der Waals surface area contributed by atoms with Gasteiger partial charge in [0.1, 0.15) is 0 Å². The van der Waals surface area contributed by atoms with Gasteiger partial charge in [-0.05, 0) is 71.1 Å². The SMILES string of the molecule is C1CCNCC1.CCCC[CH]C(CCCC)N1CCCCC1. The molecule has 0 bridgehead atoms. The molecule has 2 nitrogen and oxygen atoms in total. The lowest BCUT2D eigenvalue weighted by atomic mass is 9.98. The largest absolute Gasteiger partial charge is 0.317 e. The van der Waals surface area contributed by atoms with Gasteiger partial charge in [0.15, 0.2) is 0 Å². The lowest BCUT2D eigenvalue weighted by Crippen LogP contribution is -2.39. The molecule has 0 aliphatic carbocycles. The molecule has 131 valence electrons. The Labute approximate surface area is 140 Å². The van der Waals surface area contributed by atoms with Gasteiger partial charge < -0.3 is 10.2 Å². The van der Waals surface area contributed by atoms with Crippen molar-refractivity contribution in [2.24, 2.45) is 0 Å². The van der Waals surface area contributed by atoms with Gasteiger partial charge in [-0.1, -0.05) is 52.4 Å². The molecule has 22 heavy (non-hydrogen) atoms. The molecule has 2 aliphatic heterocycles. The van der Waals surface area contributed by atoms with E-state index in [2.05, 4.69) is 30.5 Å². The maximum Gasteiger partial charge on any atom is 0.0127 e. The van der Waals surface area contributed by atoms with E-state index in [-0.39, 0.29) is 0 Å². The molecule has 2 aliphatic rings. The molecule has 1 radical (unpaired) electrons. The number of hydrogen-bond donors (Lipinski definition) is 1. The molecule has 0 saturated carbocycles. The summed E-state index contributed by atoms with van der Waals surface area (Å²) in [5, 5.41) is 3.28. The number of likely N-dealkylation sites (tertiary alicyclic amines) is 1. The monoisotopic (exact) mass is 309 g/mol. The summed E-state index contributed by atoms with van der Waals surface area (Å²) in [6.45, 7) is 9.78. The van der Waals surface area contributed by atoms with Gasteiger partial charge in [-0.15, -0.1) is 0 Å². The minimum absolute atomic E-state index is 0.784. The van der Waals surface area contributed by atoms with E-state index in [1.54, 1.807) is 0 Å². The van der Waals surface area contributed by atoms with Crippen molar-refractivity contribution in [3.8, 4) is 0 Å². The fraction of sp³-hybridized carbons (Fsp3) is 0.950. The van der Waals surface area contributed by atoms with Gasteiger partial charge in [0.25, 0.3) is 0 Å². The van der Waals surface area contributed by atoms with Gasteiger partial charge in [-0.2, -0.15) is 0 Å². The molecule has 0 aromatic carbocycles. The third kappa shape index (κ3) is 9.84. The Morgan fingerprint density at radius 3 is 2.00 bits per heavy atom. The summed E-state index contributed by atoms with van der Waals surface area (Å²) in [5.74, 6) is 0. The van der Waals surface area contributed by atoms with Crippen LogP contribution in [0.1, 0.15) is 90.9 Å². The highest BCUT2D eigenvalue weighted by Gasteiger charge is 2.19. The molecule has 2 fully saturated rings. The summed E-state index contributed by atoms with van der Waals surface area (Å²) in [7, 11) is 0. The first-order valence-corrected chi connectivity index (χ1v) is 10.2. The molecule has 1 atom stereocenters. The van der Waals surface area contributed by atoms with E-state index in [0.717, 1.165) is 6.04 Å². The molecule has 2 saturated heterocycles. The normalized spacial score (nSPS) is 21.0. The second kappa shape index (κ2) is 14.5. The summed E-state index contributed by atoms with van der Waals surface area (Å²) in [5.41, 5.74) is 0. The lowest BCUT2D eigenvalue weighted by molar-refractivity contribution is 0.169. The van der Waals surface area contributed by atoms with E-state index in [1.165, 1.54) is 103 Å². The predicted molar refractivity (Wildman–Crippen MR) is 99.3 cm³/mol. The number of hydrogen-bond acceptors (Lipinski definition) is 2. The number of nitrogens with zero attached hydrogens (tertiary/aromatic N) is 1. The first-order valence-electron chi connectivity index (χ1n) is 10.2. The van der Waals surface area contributed by atoms with E-state index in [1.807, 2.05) is 0 Å². The molecule has 2 heteroatoms. The molecule has 2 heterocycles. The number of nitrogens with one attached hydrogen (secondary N) is 1. The van der Waals surface area contributed by atoms with Crippen molar-refractivity contribution in [3.05, 3.63) is 6.42 Å². The Hall–Kier alpha value is -0.0800. The summed E-state index contributed by atoms with van der Waals surface area (Å²) in [6, 6.07) is 0.784. The quantitative estimate of drug-likeness (QED) is 0.621. The zero-order chi connectivity index (χ0) is 15.9. The Kier molecular flexibility index (Phi) is 13.2. The smallest absolute Gasteiger partial charge is 0.0127 e. The van der Waals surface area contributed by atoms with Crippen LogP contribution >= 0.6 is 0 Å². The van der Waals surface area contributed by atoms with E-state index >= 15 is 0 Å². The van der Waals surface area contributed by atoms with Gasteiger partial charge in [-0.25, -0.2) is 0 Å². The van der Waals surface area contributed by atoms with Crippen LogP contribution in [0.3, 0.4) is 0 Å². The third-order valence-corrected chi connectivity index (χ3v) is 4.92. The van der Waals surface area contributed by atoms with Gasteiger partial charge in [-0.3, -0.25) is 0 Å². The van der Waals surface area contributed by atoms with Gasteiger partial charge in [0.05, 0.1) is 0 Å². The maximum atomic E-state index is 3.28. The van der Waals surface area contributed by atoms with Crippen LogP contribution in [0, 0.1) is 6.42 Å². The van der Waals surface area contributed by atoms with Crippen molar-refractivity contribution in [1.82, 2.24) is 10.2 Å². The van der Waals surface area contributed by atoms with Gasteiger partial charge in [0.2, 0.25) is 0 Å². The van der Waals surface area contributed by atoms with Crippen LogP contribution in [-0.4, -0.2) is 37.1 Å². The minimum Gasteiger partial charge on any atom is -0.317 e. The van der Waals surface area contributed by atoms with Crippen LogP contribution in [0.4, 0.5) is 0 Å². The summed E-state index contributed by atoms with van der Waals surface area (Å²) in [4.78, 5) is 2.73. The summed E-state index contributed by atoms with van der Waals surface area (Å²) >= 11 is 0. The number of rotatable bonds is 8. The molecule has 1 N–H and O–H groups in total. The second-order valence-corrected chi connectivity index (χ2v) is 6.99. The number of piperidine rings is 2. The molecule has 2 rings (SSSR count). The Morgan fingerprint density at radius 2 is 1.50 bits per heavy atom. The van der Waals surface area contributed by atoms with Crippen molar-refractivity contribution in [2.45, 2.75) is 96.9 Å². The van der Waals surface area contributed by atoms with Crippen LogP contribution in [0.5, 0.6) is 0 Å². The summed E-state index contributed by atoms with van der Waals surface area (Å²) < 4.78 is 0. The topological polar surface area (TPSA) is 15.3 Å².